The first-order valence-electron chi connectivity index (χ1n) is 5.64. The van der Waals surface area contributed by atoms with Crippen molar-refractivity contribution in [2.24, 2.45) is 0 Å². The van der Waals surface area contributed by atoms with Crippen LogP contribution in [0.15, 0.2) is 24.3 Å². The molecule has 2 amide bonds. The van der Waals surface area contributed by atoms with Crippen molar-refractivity contribution in [3.8, 4) is 0 Å². The van der Waals surface area contributed by atoms with Gasteiger partial charge in [-0.15, -0.1) is 0 Å². The summed E-state index contributed by atoms with van der Waals surface area (Å²) in [5, 5.41) is 12.5. The van der Waals surface area contributed by atoms with E-state index < -0.39 is 36.9 Å². The number of carboxylic acids is 1. The van der Waals surface area contributed by atoms with Crippen molar-refractivity contribution in [3.63, 3.8) is 0 Å². The molecule has 0 saturated carbocycles. The summed E-state index contributed by atoms with van der Waals surface area (Å²) in [5.41, 5.74) is 0.212. The van der Waals surface area contributed by atoms with Crippen LogP contribution in [0.25, 0.3) is 0 Å². The summed E-state index contributed by atoms with van der Waals surface area (Å²) >= 11 is 0. The fourth-order valence-electron chi connectivity index (χ4n) is 1.35. The van der Waals surface area contributed by atoms with Gasteiger partial charge >= 0.3 is 12.1 Å². The zero-order valence-corrected chi connectivity index (χ0v) is 10.5. The van der Waals surface area contributed by atoms with Gasteiger partial charge in [-0.3, -0.25) is 14.4 Å². The quantitative estimate of drug-likeness (QED) is 0.766. The largest absolute Gasteiger partial charge is 0.480 e. The Morgan fingerprint density at radius 2 is 1.67 bits per heavy atom. The van der Waals surface area contributed by atoms with Gasteiger partial charge in [0.2, 0.25) is 5.91 Å². The molecule has 0 bridgehead atoms. The van der Waals surface area contributed by atoms with E-state index in [1.54, 1.807) is 0 Å². The van der Waals surface area contributed by atoms with Gasteiger partial charge in [0.15, 0.2) is 0 Å². The van der Waals surface area contributed by atoms with Gasteiger partial charge < -0.3 is 15.7 Å². The summed E-state index contributed by atoms with van der Waals surface area (Å²) in [5.74, 6) is -3.07. The number of halogens is 3. The maximum atomic E-state index is 12.0. The van der Waals surface area contributed by atoms with Gasteiger partial charge in [0.05, 0.1) is 0 Å². The Morgan fingerprint density at radius 3 is 2.14 bits per heavy atom. The van der Waals surface area contributed by atoms with Crippen molar-refractivity contribution in [1.82, 2.24) is 5.32 Å². The Morgan fingerprint density at radius 1 is 1.10 bits per heavy atom. The molecule has 0 unspecified atom stereocenters. The first-order chi connectivity index (χ1) is 9.67. The monoisotopic (exact) mass is 304 g/mol. The molecule has 0 spiro atoms. The van der Waals surface area contributed by atoms with Crippen LogP contribution >= 0.6 is 0 Å². The SMILES string of the molecule is O=C(O)CNC(=O)c1ccc(NC(=O)CC(F)(F)F)cc1. The average molecular weight is 304 g/mol. The van der Waals surface area contributed by atoms with Gasteiger partial charge in [-0.05, 0) is 24.3 Å². The number of carbonyl (C=O) groups excluding carboxylic acids is 2. The third-order valence-electron chi connectivity index (χ3n) is 2.19. The zero-order valence-electron chi connectivity index (χ0n) is 10.5. The minimum absolute atomic E-state index is 0.0963. The Balaban J connectivity index is 2.60. The van der Waals surface area contributed by atoms with Crippen LogP contribution in [-0.4, -0.2) is 35.6 Å². The highest BCUT2D eigenvalue weighted by Crippen LogP contribution is 2.20. The third-order valence-corrected chi connectivity index (χ3v) is 2.19. The van der Waals surface area contributed by atoms with Crippen LogP contribution in [0.5, 0.6) is 0 Å². The highest BCUT2D eigenvalue weighted by Gasteiger charge is 2.31. The minimum Gasteiger partial charge on any atom is -0.480 e. The molecule has 1 aromatic carbocycles. The van der Waals surface area contributed by atoms with Crippen LogP contribution in [0.4, 0.5) is 18.9 Å². The number of amides is 2. The summed E-state index contributed by atoms with van der Waals surface area (Å²) in [4.78, 5) is 32.8. The molecule has 1 aromatic rings. The molecule has 0 aliphatic rings. The molecule has 114 valence electrons. The molecule has 0 radical (unpaired) electrons. The lowest BCUT2D eigenvalue weighted by Crippen LogP contribution is -2.29. The number of rotatable bonds is 5. The molecule has 0 aromatic heterocycles. The number of nitrogens with one attached hydrogen (secondary N) is 2. The van der Waals surface area contributed by atoms with Crippen LogP contribution in [0.1, 0.15) is 16.8 Å². The first-order valence-corrected chi connectivity index (χ1v) is 5.64. The van der Waals surface area contributed by atoms with E-state index in [1.807, 2.05) is 5.32 Å². The lowest BCUT2D eigenvalue weighted by Gasteiger charge is -2.08. The lowest BCUT2D eigenvalue weighted by atomic mass is 10.2. The smallest absolute Gasteiger partial charge is 0.397 e. The van der Waals surface area contributed by atoms with Crippen LogP contribution in [0.2, 0.25) is 0 Å². The molecule has 0 fully saturated rings. The second-order valence-electron chi connectivity index (χ2n) is 3.99. The van der Waals surface area contributed by atoms with E-state index in [9.17, 15) is 27.6 Å². The fraction of sp³-hybridized carbons (Fsp3) is 0.250. The van der Waals surface area contributed by atoms with Crippen molar-refractivity contribution in [1.29, 1.82) is 0 Å². The number of hydrogen-bond donors (Lipinski definition) is 3. The van der Waals surface area contributed by atoms with E-state index in [-0.39, 0.29) is 11.3 Å². The molecule has 6 nitrogen and oxygen atoms in total. The van der Waals surface area contributed by atoms with Gasteiger partial charge in [-0.25, -0.2) is 0 Å². The van der Waals surface area contributed by atoms with Crippen molar-refractivity contribution >= 4 is 23.5 Å². The lowest BCUT2D eigenvalue weighted by molar-refractivity contribution is -0.150. The molecule has 0 saturated heterocycles. The van der Waals surface area contributed by atoms with Crippen molar-refractivity contribution in [2.45, 2.75) is 12.6 Å². The number of benzene rings is 1. The minimum atomic E-state index is -4.60. The molecule has 3 N–H and O–H groups in total. The fourth-order valence-corrected chi connectivity index (χ4v) is 1.35. The number of carbonyl (C=O) groups is 3. The maximum absolute atomic E-state index is 12.0. The molecule has 0 atom stereocenters. The number of carboxylic acid groups (broad SMARTS) is 1. The second kappa shape index (κ2) is 6.73. The maximum Gasteiger partial charge on any atom is 0.397 e. The van der Waals surface area contributed by atoms with Gasteiger partial charge in [0, 0.05) is 11.3 Å². The van der Waals surface area contributed by atoms with E-state index in [0.717, 1.165) is 0 Å². The van der Waals surface area contributed by atoms with Crippen molar-refractivity contribution < 1.29 is 32.7 Å². The van der Waals surface area contributed by atoms with Gasteiger partial charge in [-0.2, -0.15) is 13.2 Å². The van der Waals surface area contributed by atoms with E-state index >= 15 is 0 Å². The predicted octanol–water partition coefficient (Wildman–Crippen LogP) is 1.39. The normalized spacial score (nSPS) is 10.8. The molecule has 0 aliphatic heterocycles. The highest BCUT2D eigenvalue weighted by atomic mass is 19.4. The zero-order chi connectivity index (χ0) is 16.0. The number of aliphatic carboxylic acids is 1. The topological polar surface area (TPSA) is 95.5 Å². The van der Waals surface area contributed by atoms with Gasteiger partial charge in [-0.1, -0.05) is 0 Å². The van der Waals surface area contributed by atoms with E-state index in [2.05, 4.69) is 5.32 Å². The van der Waals surface area contributed by atoms with Crippen LogP contribution < -0.4 is 10.6 Å². The summed E-state index contributed by atoms with van der Waals surface area (Å²) in [6.07, 6.45) is -6.20. The molecule has 0 heterocycles. The van der Waals surface area contributed by atoms with Gasteiger partial charge in [0.1, 0.15) is 13.0 Å². The average Bonchev–Trinajstić information content (AvgIpc) is 2.34. The van der Waals surface area contributed by atoms with Crippen molar-refractivity contribution in [2.75, 3.05) is 11.9 Å². The molecular formula is C12H11F3N2O4. The second-order valence-corrected chi connectivity index (χ2v) is 3.99. The molecule has 0 aliphatic carbocycles. The Labute approximate surface area is 116 Å². The number of hydrogen-bond acceptors (Lipinski definition) is 3. The molecule has 21 heavy (non-hydrogen) atoms. The van der Waals surface area contributed by atoms with E-state index in [4.69, 9.17) is 5.11 Å². The highest BCUT2D eigenvalue weighted by molar-refractivity contribution is 5.97. The summed E-state index contributed by atoms with van der Waals surface area (Å²) in [7, 11) is 0. The van der Waals surface area contributed by atoms with E-state index in [0.29, 0.717) is 0 Å². The number of alkyl halides is 3. The summed E-state index contributed by atoms with van der Waals surface area (Å²) in [6.45, 7) is -0.553. The first kappa shape index (κ1) is 16.5. The van der Waals surface area contributed by atoms with Crippen LogP contribution in [0, 0.1) is 0 Å². The molecule has 1 rings (SSSR count). The number of anilines is 1. The molecular weight excluding hydrogens is 293 g/mol. The Kier molecular flexibility index (Phi) is 5.28. The van der Waals surface area contributed by atoms with Crippen LogP contribution in [-0.2, 0) is 9.59 Å². The predicted molar refractivity (Wildman–Crippen MR) is 65.7 cm³/mol. The van der Waals surface area contributed by atoms with Crippen molar-refractivity contribution in [3.05, 3.63) is 29.8 Å². The Hall–Kier alpha value is -2.58. The third kappa shape index (κ3) is 6.41. The van der Waals surface area contributed by atoms with Gasteiger partial charge in [0.25, 0.3) is 5.91 Å². The summed E-state index contributed by atoms with van der Waals surface area (Å²) < 4.78 is 35.9. The standard InChI is InChI=1S/C12H11F3N2O4/c13-12(14,15)5-9(18)17-8-3-1-7(2-4-8)11(21)16-6-10(19)20/h1-4H,5-6H2,(H,16,21)(H,17,18)(H,19,20). The van der Waals surface area contributed by atoms with Crippen LogP contribution in [0.3, 0.4) is 0 Å². The summed E-state index contributed by atoms with van der Waals surface area (Å²) in [6, 6.07) is 4.98. The van der Waals surface area contributed by atoms with E-state index in [1.165, 1.54) is 24.3 Å². The molecule has 9 heteroatoms. The Bertz CT molecular complexity index is 540.